The quantitative estimate of drug-likeness (QED) is 0.621. The third-order valence-electron chi connectivity index (χ3n) is 2.93. The number of hydrogen-bond acceptors (Lipinski definition) is 4. The van der Waals surface area contributed by atoms with Crippen LogP contribution in [0, 0.1) is 5.82 Å². The molecule has 1 heterocycles. The molecule has 1 N–H and O–H groups in total. The Balaban J connectivity index is 2.14. The van der Waals surface area contributed by atoms with E-state index >= 15 is 0 Å². The van der Waals surface area contributed by atoms with E-state index in [1.807, 2.05) is 6.92 Å². The minimum Gasteiger partial charge on any atom is -0.403 e. The van der Waals surface area contributed by atoms with Gasteiger partial charge in [0.25, 0.3) is 0 Å². The number of nitrogens with one attached hydrogen (secondary N) is 1. The summed E-state index contributed by atoms with van der Waals surface area (Å²) in [4.78, 5) is 7.97. The third kappa shape index (κ3) is 4.55. The molecule has 0 aliphatic carbocycles. The second-order valence-corrected chi connectivity index (χ2v) is 4.58. The van der Waals surface area contributed by atoms with Crippen molar-refractivity contribution in [3.05, 3.63) is 54.0 Å². The van der Waals surface area contributed by atoms with Crippen LogP contribution in [-0.2, 0) is 0 Å². The first-order valence-electron chi connectivity index (χ1n) is 6.74. The molecule has 8 heteroatoms. The van der Waals surface area contributed by atoms with Crippen LogP contribution in [0.3, 0.4) is 0 Å². The number of rotatable bonds is 5. The summed E-state index contributed by atoms with van der Waals surface area (Å²) in [7, 11) is 0. The van der Waals surface area contributed by atoms with Crippen molar-refractivity contribution in [1.82, 2.24) is 4.98 Å². The van der Waals surface area contributed by atoms with Gasteiger partial charge in [-0.3, -0.25) is 4.99 Å². The van der Waals surface area contributed by atoms with Gasteiger partial charge in [-0.15, -0.1) is 13.2 Å². The molecule has 0 saturated heterocycles. The molecule has 0 atom stereocenters. The van der Waals surface area contributed by atoms with Crippen molar-refractivity contribution >= 4 is 23.9 Å². The van der Waals surface area contributed by atoms with E-state index in [-0.39, 0.29) is 5.69 Å². The van der Waals surface area contributed by atoms with E-state index in [2.05, 4.69) is 26.7 Å². The number of halogens is 4. The van der Waals surface area contributed by atoms with Gasteiger partial charge in [0.2, 0.25) is 0 Å². The van der Waals surface area contributed by atoms with Gasteiger partial charge in [0.1, 0.15) is 5.82 Å². The normalized spacial score (nSPS) is 12.0. The van der Waals surface area contributed by atoms with E-state index in [9.17, 15) is 17.6 Å². The van der Waals surface area contributed by atoms with Crippen LogP contribution in [0.25, 0.3) is 5.70 Å². The van der Waals surface area contributed by atoms with E-state index in [1.165, 1.54) is 6.07 Å². The van der Waals surface area contributed by atoms with Crippen molar-refractivity contribution in [2.45, 2.75) is 13.3 Å². The topological polar surface area (TPSA) is 46.5 Å². The Morgan fingerprint density at radius 1 is 1.29 bits per heavy atom. The lowest BCUT2D eigenvalue weighted by atomic mass is 10.2. The second kappa shape index (κ2) is 7.12. The maximum atomic E-state index is 13.6. The summed E-state index contributed by atoms with van der Waals surface area (Å²) in [5, 5.41) is 2.78. The number of pyridine rings is 1. The average Bonchev–Trinajstić information content (AvgIpc) is 2.52. The highest BCUT2D eigenvalue weighted by atomic mass is 19.4. The lowest BCUT2D eigenvalue weighted by Gasteiger charge is -2.11. The Labute approximate surface area is 135 Å². The van der Waals surface area contributed by atoms with Crippen molar-refractivity contribution in [3.8, 4) is 5.75 Å². The van der Waals surface area contributed by atoms with E-state index in [1.54, 1.807) is 24.4 Å². The zero-order valence-corrected chi connectivity index (χ0v) is 12.6. The molecule has 24 heavy (non-hydrogen) atoms. The monoisotopic (exact) mass is 339 g/mol. The van der Waals surface area contributed by atoms with Crippen LogP contribution >= 0.6 is 0 Å². The van der Waals surface area contributed by atoms with Gasteiger partial charge < -0.3 is 10.1 Å². The smallest absolute Gasteiger partial charge is 0.403 e. The predicted octanol–water partition coefficient (Wildman–Crippen LogP) is 4.92. The van der Waals surface area contributed by atoms with Gasteiger partial charge in [-0.2, -0.15) is 0 Å². The number of alkyl halides is 3. The van der Waals surface area contributed by atoms with Crippen LogP contribution in [0.5, 0.6) is 5.75 Å². The van der Waals surface area contributed by atoms with E-state index in [0.29, 0.717) is 11.5 Å². The molecule has 4 nitrogen and oxygen atoms in total. The molecule has 126 valence electrons. The first-order valence-corrected chi connectivity index (χ1v) is 6.74. The first-order chi connectivity index (χ1) is 11.3. The maximum Gasteiger partial charge on any atom is 0.573 e. The zero-order valence-electron chi connectivity index (χ0n) is 12.6. The lowest BCUT2D eigenvalue weighted by molar-refractivity contribution is -0.275. The van der Waals surface area contributed by atoms with Crippen LogP contribution in [-0.4, -0.2) is 18.1 Å². The van der Waals surface area contributed by atoms with Gasteiger partial charge in [-0.25, -0.2) is 9.37 Å². The van der Waals surface area contributed by atoms with Crippen molar-refractivity contribution in [2.24, 2.45) is 4.99 Å². The van der Waals surface area contributed by atoms with Gasteiger partial charge in [0.05, 0.1) is 5.70 Å². The molecule has 0 unspecified atom stereocenters. The van der Waals surface area contributed by atoms with Crippen LogP contribution < -0.4 is 10.1 Å². The van der Waals surface area contributed by atoms with Crippen molar-refractivity contribution in [1.29, 1.82) is 0 Å². The number of hydrogen-bond donors (Lipinski definition) is 1. The molecule has 0 saturated carbocycles. The molecular formula is C16H13F4N3O. The van der Waals surface area contributed by atoms with Gasteiger partial charge in [-0.1, -0.05) is 6.08 Å². The fourth-order valence-corrected chi connectivity index (χ4v) is 1.90. The summed E-state index contributed by atoms with van der Waals surface area (Å²) in [6.45, 7) is 5.26. The van der Waals surface area contributed by atoms with Gasteiger partial charge >= 0.3 is 6.36 Å². The second-order valence-electron chi connectivity index (χ2n) is 4.58. The summed E-state index contributed by atoms with van der Waals surface area (Å²) in [5.74, 6) is -1.64. The summed E-state index contributed by atoms with van der Waals surface area (Å²) in [5.41, 5.74) is 1.64. The highest BCUT2D eigenvalue weighted by molar-refractivity contribution is 5.68. The Hall–Kier alpha value is -2.90. The number of ether oxygens (including phenoxy) is 1. The minimum absolute atomic E-state index is 0.232. The SMILES string of the molecule is C=NC(=CC)c1ccc(Nc2ccc(OC(F)(F)F)c(F)c2)nc1. The van der Waals surface area contributed by atoms with Crippen LogP contribution in [0.1, 0.15) is 12.5 Å². The number of aromatic nitrogens is 1. The molecule has 0 fully saturated rings. The standard InChI is InChI=1S/C16H13F4N3O/c1-3-13(21-2)10-4-7-15(22-9-10)23-11-5-6-14(12(17)8-11)24-16(18,19)20/h3-9H,2H2,1H3,(H,22,23). The Morgan fingerprint density at radius 3 is 2.54 bits per heavy atom. The van der Waals surface area contributed by atoms with Crippen molar-refractivity contribution < 1.29 is 22.3 Å². The zero-order chi connectivity index (χ0) is 17.7. The van der Waals surface area contributed by atoms with Crippen LogP contribution in [0.4, 0.5) is 29.1 Å². The molecule has 0 radical (unpaired) electrons. The maximum absolute atomic E-state index is 13.6. The Kier molecular flexibility index (Phi) is 5.18. The molecule has 0 aliphatic rings. The number of benzene rings is 1. The summed E-state index contributed by atoms with van der Waals surface area (Å²) in [6, 6.07) is 6.39. The van der Waals surface area contributed by atoms with Gasteiger partial charge in [-0.05, 0) is 37.9 Å². The van der Waals surface area contributed by atoms with Crippen molar-refractivity contribution in [2.75, 3.05) is 5.32 Å². The molecule has 0 bridgehead atoms. The number of anilines is 2. The summed E-state index contributed by atoms with van der Waals surface area (Å²) in [6.07, 6.45) is -1.63. The molecule has 2 aromatic rings. The van der Waals surface area contributed by atoms with Gasteiger partial charge in [0.15, 0.2) is 11.6 Å². The lowest BCUT2D eigenvalue weighted by Crippen LogP contribution is -2.17. The minimum atomic E-state index is -4.95. The van der Waals surface area contributed by atoms with E-state index in [4.69, 9.17) is 0 Å². The fourth-order valence-electron chi connectivity index (χ4n) is 1.90. The van der Waals surface area contributed by atoms with Gasteiger partial charge in [0, 0.05) is 23.5 Å². The highest BCUT2D eigenvalue weighted by Crippen LogP contribution is 2.28. The van der Waals surface area contributed by atoms with Crippen LogP contribution in [0.2, 0.25) is 0 Å². The third-order valence-corrected chi connectivity index (χ3v) is 2.93. The summed E-state index contributed by atoms with van der Waals surface area (Å²) < 4.78 is 53.5. The molecule has 0 spiro atoms. The Bertz CT molecular complexity index is 755. The summed E-state index contributed by atoms with van der Waals surface area (Å²) >= 11 is 0. The Morgan fingerprint density at radius 2 is 2.04 bits per heavy atom. The average molecular weight is 339 g/mol. The number of nitrogens with zero attached hydrogens (tertiary/aromatic N) is 2. The molecule has 0 amide bonds. The molecule has 2 rings (SSSR count). The van der Waals surface area contributed by atoms with Crippen LogP contribution in [0.15, 0.2) is 47.6 Å². The molecular weight excluding hydrogens is 326 g/mol. The number of aliphatic imine (C=N–C) groups is 1. The molecule has 1 aromatic heterocycles. The fraction of sp³-hybridized carbons (Fsp3) is 0.125. The van der Waals surface area contributed by atoms with E-state index in [0.717, 1.165) is 17.7 Å². The first kappa shape index (κ1) is 17.5. The molecule has 1 aromatic carbocycles. The predicted molar refractivity (Wildman–Crippen MR) is 83.8 cm³/mol. The largest absolute Gasteiger partial charge is 0.573 e. The molecule has 0 aliphatic heterocycles. The highest BCUT2D eigenvalue weighted by Gasteiger charge is 2.32. The van der Waals surface area contributed by atoms with Crippen molar-refractivity contribution in [3.63, 3.8) is 0 Å². The van der Waals surface area contributed by atoms with E-state index < -0.39 is 17.9 Å². The number of allylic oxidation sites excluding steroid dienone is 1.